The summed E-state index contributed by atoms with van der Waals surface area (Å²) in [6.07, 6.45) is 1.36. The Kier molecular flexibility index (Phi) is 8.54. The summed E-state index contributed by atoms with van der Waals surface area (Å²) in [6.45, 7) is 1.70. The van der Waals surface area contributed by atoms with Crippen molar-refractivity contribution in [3.63, 3.8) is 0 Å². The molecule has 0 aromatic heterocycles. The van der Waals surface area contributed by atoms with Gasteiger partial charge in [0.2, 0.25) is 17.7 Å². The molecule has 0 radical (unpaired) electrons. The summed E-state index contributed by atoms with van der Waals surface area (Å²) in [5, 5.41) is 0.635. The van der Waals surface area contributed by atoms with Crippen molar-refractivity contribution >= 4 is 46.9 Å². The Morgan fingerprint density at radius 2 is 1.64 bits per heavy atom. The molecule has 2 fully saturated rings. The second-order valence-electron chi connectivity index (χ2n) is 9.76. The van der Waals surface area contributed by atoms with Crippen LogP contribution in [-0.4, -0.2) is 82.6 Å². The molecular formula is C28H32ClN5O5. The summed E-state index contributed by atoms with van der Waals surface area (Å²) in [5.41, 5.74) is 5.58. The molecule has 10 nitrogen and oxygen atoms in total. The fraction of sp³-hybridized carbons (Fsp3) is 0.393. The standard InChI is InChI=1S/C28H32ClN5O5/c1-2-31(18-23(30)35)25(37)19-33-26(38)28(34(27(33)39)22-6-4-3-5-7-22)14-16-32(17-15-28)24(36)13-10-20-8-11-21(29)12-9-20/h3-9,11-12H,2,10,13-19H2,1H3,(H2,30,35). The maximum atomic E-state index is 13.8. The molecule has 2 heterocycles. The quantitative estimate of drug-likeness (QED) is 0.478. The van der Waals surface area contributed by atoms with Crippen molar-refractivity contribution in [3.8, 4) is 0 Å². The summed E-state index contributed by atoms with van der Waals surface area (Å²) in [5.74, 6) is -1.73. The lowest BCUT2D eigenvalue weighted by atomic mass is 9.85. The molecule has 2 aromatic rings. The van der Waals surface area contributed by atoms with Gasteiger partial charge in [0.05, 0.1) is 6.54 Å². The lowest BCUT2D eigenvalue weighted by Gasteiger charge is -2.42. The third-order valence-electron chi connectivity index (χ3n) is 7.37. The third kappa shape index (κ3) is 5.90. The highest BCUT2D eigenvalue weighted by Gasteiger charge is 2.59. The maximum Gasteiger partial charge on any atom is 0.332 e. The molecule has 0 saturated carbocycles. The fourth-order valence-electron chi connectivity index (χ4n) is 5.24. The molecule has 0 aliphatic carbocycles. The van der Waals surface area contributed by atoms with E-state index >= 15 is 0 Å². The number of urea groups is 1. The van der Waals surface area contributed by atoms with Gasteiger partial charge in [0, 0.05) is 36.8 Å². The van der Waals surface area contributed by atoms with Crippen molar-refractivity contribution in [1.29, 1.82) is 0 Å². The number of rotatable bonds is 9. The highest BCUT2D eigenvalue weighted by Crippen LogP contribution is 2.40. The number of carbonyl (C=O) groups is 5. The second kappa shape index (κ2) is 11.9. The molecule has 2 saturated heterocycles. The molecule has 0 atom stereocenters. The average Bonchev–Trinajstić information content (AvgIpc) is 3.12. The largest absolute Gasteiger partial charge is 0.368 e. The molecule has 39 heavy (non-hydrogen) atoms. The summed E-state index contributed by atoms with van der Waals surface area (Å²) in [6, 6.07) is 15.6. The Labute approximate surface area is 232 Å². The van der Waals surface area contributed by atoms with E-state index in [0.29, 0.717) is 36.6 Å². The Balaban J connectivity index is 1.51. The van der Waals surface area contributed by atoms with Crippen molar-refractivity contribution in [2.75, 3.05) is 37.6 Å². The van der Waals surface area contributed by atoms with E-state index in [1.165, 1.54) is 9.80 Å². The number of para-hydroxylation sites is 1. The monoisotopic (exact) mass is 553 g/mol. The van der Waals surface area contributed by atoms with Gasteiger partial charge in [-0.25, -0.2) is 4.79 Å². The van der Waals surface area contributed by atoms with Gasteiger partial charge in [0.1, 0.15) is 12.1 Å². The first-order valence-corrected chi connectivity index (χ1v) is 13.3. The molecule has 1 spiro atoms. The predicted molar refractivity (Wildman–Crippen MR) is 146 cm³/mol. The van der Waals surface area contributed by atoms with E-state index in [-0.39, 0.29) is 31.8 Å². The summed E-state index contributed by atoms with van der Waals surface area (Å²) < 4.78 is 0. The van der Waals surface area contributed by atoms with E-state index in [2.05, 4.69) is 0 Å². The van der Waals surface area contributed by atoms with Crippen LogP contribution in [0.15, 0.2) is 54.6 Å². The topological polar surface area (TPSA) is 124 Å². The van der Waals surface area contributed by atoms with Gasteiger partial charge in [-0.3, -0.25) is 29.0 Å². The van der Waals surface area contributed by atoms with Gasteiger partial charge in [0.15, 0.2) is 0 Å². The fourth-order valence-corrected chi connectivity index (χ4v) is 5.36. The van der Waals surface area contributed by atoms with Crippen LogP contribution in [0.1, 0.15) is 31.7 Å². The number of imide groups is 1. The molecule has 2 aliphatic rings. The number of likely N-dealkylation sites (tertiary alicyclic amines) is 1. The van der Waals surface area contributed by atoms with Crippen molar-refractivity contribution in [2.45, 2.75) is 38.1 Å². The number of anilines is 1. The minimum atomic E-state index is -1.22. The van der Waals surface area contributed by atoms with Crippen LogP contribution in [0, 0.1) is 0 Å². The first kappa shape index (κ1) is 28.1. The molecule has 2 aliphatic heterocycles. The van der Waals surface area contributed by atoms with E-state index in [1.54, 1.807) is 48.2 Å². The molecule has 0 unspecified atom stereocenters. The molecule has 11 heteroatoms. The Bertz CT molecular complexity index is 1240. The number of primary amides is 1. The van der Waals surface area contributed by atoms with Crippen LogP contribution in [0.5, 0.6) is 0 Å². The number of nitrogens with zero attached hydrogens (tertiary/aromatic N) is 4. The van der Waals surface area contributed by atoms with E-state index in [1.807, 2.05) is 18.2 Å². The zero-order chi connectivity index (χ0) is 28.2. The normalized spacial score (nSPS) is 16.6. The molecule has 206 valence electrons. The van der Waals surface area contributed by atoms with Crippen molar-refractivity contribution in [1.82, 2.24) is 14.7 Å². The summed E-state index contributed by atoms with van der Waals surface area (Å²) >= 11 is 5.94. The first-order valence-electron chi connectivity index (χ1n) is 13.0. The zero-order valence-electron chi connectivity index (χ0n) is 21.8. The number of likely N-dealkylation sites (N-methyl/N-ethyl adjacent to an activating group) is 1. The van der Waals surface area contributed by atoms with Gasteiger partial charge >= 0.3 is 6.03 Å². The number of amides is 6. The smallest absolute Gasteiger partial charge is 0.332 e. The van der Waals surface area contributed by atoms with Gasteiger partial charge in [0.25, 0.3) is 5.91 Å². The van der Waals surface area contributed by atoms with E-state index in [9.17, 15) is 24.0 Å². The average molecular weight is 554 g/mol. The van der Waals surface area contributed by atoms with E-state index < -0.39 is 35.8 Å². The Morgan fingerprint density at radius 1 is 1.00 bits per heavy atom. The second-order valence-corrected chi connectivity index (χ2v) is 10.2. The van der Waals surface area contributed by atoms with Crippen LogP contribution in [0.25, 0.3) is 0 Å². The Morgan fingerprint density at radius 3 is 2.23 bits per heavy atom. The lowest BCUT2D eigenvalue weighted by Crippen LogP contribution is -2.57. The molecule has 2 aromatic carbocycles. The third-order valence-corrected chi connectivity index (χ3v) is 7.62. The van der Waals surface area contributed by atoms with Crippen LogP contribution >= 0.6 is 11.6 Å². The van der Waals surface area contributed by atoms with E-state index in [0.717, 1.165) is 10.5 Å². The van der Waals surface area contributed by atoms with Gasteiger partial charge in [-0.2, -0.15) is 0 Å². The number of nitrogens with two attached hydrogens (primary N) is 1. The maximum absolute atomic E-state index is 13.8. The molecule has 4 rings (SSSR count). The van der Waals surface area contributed by atoms with Crippen molar-refractivity contribution < 1.29 is 24.0 Å². The van der Waals surface area contributed by atoms with Crippen LogP contribution in [-0.2, 0) is 25.6 Å². The van der Waals surface area contributed by atoms with Gasteiger partial charge < -0.3 is 15.5 Å². The van der Waals surface area contributed by atoms with Crippen molar-refractivity contribution in [2.24, 2.45) is 5.73 Å². The number of aryl methyl sites for hydroxylation is 1. The predicted octanol–water partition coefficient (Wildman–Crippen LogP) is 2.44. The number of carbonyl (C=O) groups excluding carboxylic acids is 5. The lowest BCUT2D eigenvalue weighted by molar-refractivity contribution is -0.141. The van der Waals surface area contributed by atoms with Crippen LogP contribution in [0.3, 0.4) is 0 Å². The zero-order valence-corrected chi connectivity index (χ0v) is 22.6. The minimum Gasteiger partial charge on any atom is -0.368 e. The summed E-state index contributed by atoms with van der Waals surface area (Å²) in [4.78, 5) is 70.1. The molecule has 6 amide bonds. The number of hydrogen-bond acceptors (Lipinski definition) is 5. The molecule has 0 bridgehead atoms. The first-order chi connectivity index (χ1) is 18.7. The van der Waals surface area contributed by atoms with Crippen LogP contribution < -0.4 is 10.6 Å². The number of benzene rings is 2. The highest BCUT2D eigenvalue weighted by molar-refractivity contribution is 6.30. The van der Waals surface area contributed by atoms with Crippen molar-refractivity contribution in [3.05, 3.63) is 65.2 Å². The van der Waals surface area contributed by atoms with Gasteiger partial charge in [-0.05, 0) is 56.0 Å². The van der Waals surface area contributed by atoms with Gasteiger partial charge in [-0.1, -0.05) is 41.9 Å². The molecule has 2 N–H and O–H groups in total. The Hall–Kier alpha value is -3.92. The van der Waals surface area contributed by atoms with Crippen LogP contribution in [0.2, 0.25) is 5.02 Å². The number of piperidine rings is 1. The SMILES string of the molecule is CCN(CC(N)=O)C(=O)CN1C(=O)N(c2ccccc2)C2(CCN(C(=O)CCc3ccc(Cl)cc3)CC2)C1=O. The molecular weight excluding hydrogens is 522 g/mol. The van der Waals surface area contributed by atoms with Gasteiger partial charge in [-0.15, -0.1) is 0 Å². The highest BCUT2D eigenvalue weighted by atomic mass is 35.5. The number of halogens is 1. The minimum absolute atomic E-state index is 0.0279. The summed E-state index contributed by atoms with van der Waals surface area (Å²) in [7, 11) is 0. The van der Waals surface area contributed by atoms with E-state index in [4.69, 9.17) is 17.3 Å². The number of hydrogen-bond donors (Lipinski definition) is 1. The van der Waals surface area contributed by atoms with Crippen LogP contribution in [0.4, 0.5) is 10.5 Å².